The van der Waals surface area contributed by atoms with E-state index in [1.54, 1.807) is 0 Å². The first kappa shape index (κ1) is 13.6. The van der Waals surface area contributed by atoms with Gasteiger partial charge in [0.15, 0.2) is 11.5 Å². The Hall–Kier alpha value is -0.860. The molecule has 0 radical (unpaired) electrons. The van der Waals surface area contributed by atoms with Gasteiger partial charge in [0.05, 0.1) is 6.07 Å². The van der Waals surface area contributed by atoms with Crippen molar-refractivity contribution in [1.29, 1.82) is 5.26 Å². The lowest BCUT2D eigenvalue weighted by atomic mass is 10.2. The Balaban J connectivity index is 1.94. The number of halogens is 1. The fraction of sp³-hybridized carbons (Fsp3) is 0.462. The molecular weight excluding hydrogens is 314 g/mol. The predicted octanol–water partition coefficient (Wildman–Crippen LogP) is 3.76. The highest BCUT2D eigenvalue weighted by atomic mass is 79.9. The zero-order valence-corrected chi connectivity index (χ0v) is 12.3. The zero-order valence-electron chi connectivity index (χ0n) is 9.95. The van der Waals surface area contributed by atoms with E-state index < -0.39 is 0 Å². The summed E-state index contributed by atoms with van der Waals surface area (Å²) in [5.74, 6) is 3.57. The van der Waals surface area contributed by atoms with Gasteiger partial charge in [0, 0.05) is 16.6 Å². The van der Waals surface area contributed by atoms with E-state index in [1.165, 1.54) is 5.56 Å². The van der Waals surface area contributed by atoms with Crippen LogP contribution < -0.4 is 9.47 Å². The van der Waals surface area contributed by atoms with Crippen LogP contribution in [0.2, 0.25) is 0 Å². The van der Waals surface area contributed by atoms with Gasteiger partial charge >= 0.3 is 0 Å². The van der Waals surface area contributed by atoms with Crippen LogP contribution in [0.25, 0.3) is 0 Å². The second kappa shape index (κ2) is 6.91. The van der Waals surface area contributed by atoms with Crippen molar-refractivity contribution < 1.29 is 9.47 Å². The molecule has 0 aromatic heterocycles. The molecule has 2 rings (SSSR count). The second-order valence-electron chi connectivity index (χ2n) is 3.90. The van der Waals surface area contributed by atoms with Gasteiger partial charge in [0.2, 0.25) is 0 Å². The second-order valence-corrected chi connectivity index (χ2v) is 5.86. The molecule has 0 fully saturated rings. The normalized spacial score (nSPS) is 13.1. The van der Waals surface area contributed by atoms with Gasteiger partial charge in [-0.25, -0.2) is 0 Å². The largest absolute Gasteiger partial charge is 0.486 e. The van der Waals surface area contributed by atoms with Crippen LogP contribution in [0.5, 0.6) is 11.5 Å². The average Bonchev–Trinajstić information content (AvgIpc) is 2.39. The van der Waals surface area contributed by atoms with E-state index >= 15 is 0 Å². The van der Waals surface area contributed by atoms with E-state index in [9.17, 15) is 0 Å². The first-order valence-corrected chi connectivity index (χ1v) is 7.79. The van der Waals surface area contributed by atoms with E-state index in [-0.39, 0.29) is 0 Å². The molecule has 0 saturated carbocycles. The molecule has 1 aliphatic rings. The summed E-state index contributed by atoms with van der Waals surface area (Å²) in [7, 11) is 0. The average molecular weight is 328 g/mol. The monoisotopic (exact) mass is 327 g/mol. The molecule has 18 heavy (non-hydrogen) atoms. The minimum Gasteiger partial charge on any atom is -0.486 e. The molecule has 1 heterocycles. The van der Waals surface area contributed by atoms with Crippen molar-refractivity contribution in [3.63, 3.8) is 0 Å². The number of ether oxygens (including phenoxy) is 2. The molecule has 0 spiro atoms. The molecular formula is C13H14BrNO2S. The summed E-state index contributed by atoms with van der Waals surface area (Å²) >= 11 is 5.39. The number of unbranched alkanes of at least 4 members (excludes halogenated alkanes) is 1. The number of benzene rings is 1. The van der Waals surface area contributed by atoms with E-state index in [1.807, 2.05) is 23.9 Å². The van der Waals surface area contributed by atoms with Crippen LogP contribution in [0.4, 0.5) is 0 Å². The standard InChI is InChI=1S/C13H14BrNO2S/c14-11-8-13-12(16-4-5-17-13)7-10(11)9-18-6-2-1-3-15/h7-8H,1-2,4-6,9H2. The third-order valence-corrected chi connectivity index (χ3v) is 4.38. The summed E-state index contributed by atoms with van der Waals surface area (Å²) in [4.78, 5) is 0. The molecule has 96 valence electrons. The highest BCUT2D eigenvalue weighted by molar-refractivity contribution is 9.10. The Labute approximate surface area is 120 Å². The summed E-state index contributed by atoms with van der Waals surface area (Å²) in [6, 6.07) is 6.17. The summed E-state index contributed by atoms with van der Waals surface area (Å²) in [5.41, 5.74) is 1.21. The third kappa shape index (κ3) is 3.56. The SMILES string of the molecule is N#CCCCSCc1cc2c(cc1Br)OCCO2. The number of thioether (sulfide) groups is 1. The van der Waals surface area contributed by atoms with Gasteiger partial charge in [-0.05, 0) is 29.9 Å². The topological polar surface area (TPSA) is 42.2 Å². The molecule has 5 heteroatoms. The zero-order chi connectivity index (χ0) is 12.8. The van der Waals surface area contributed by atoms with Gasteiger partial charge in [-0.1, -0.05) is 15.9 Å². The molecule has 1 aromatic rings. The number of hydrogen-bond donors (Lipinski definition) is 0. The maximum Gasteiger partial charge on any atom is 0.162 e. The van der Waals surface area contributed by atoms with Crippen molar-refractivity contribution in [2.75, 3.05) is 19.0 Å². The number of fused-ring (bicyclic) bond motifs is 1. The maximum absolute atomic E-state index is 8.46. The molecule has 0 aliphatic carbocycles. The molecule has 1 aromatic carbocycles. The lowest BCUT2D eigenvalue weighted by Gasteiger charge is -2.19. The van der Waals surface area contributed by atoms with Crippen LogP contribution in [0.1, 0.15) is 18.4 Å². The molecule has 1 aliphatic heterocycles. The maximum atomic E-state index is 8.46. The number of nitriles is 1. The van der Waals surface area contributed by atoms with Crippen LogP contribution >= 0.6 is 27.7 Å². The summed E-state index contributed by atoms with van der Waals surface area (Å²) < 4.78 is 12.1. The van der Waals surface area contributed by atoms with Gasteiger partial charge in [-0.15, -0.1) is 0 Å². The molecule has 0 bridgehead atoms. The van der Waals surface area contributed by atoms with Crippen molar-refractivity contribution in [1.82, 2.24) is 0 Å². The first-order valence-electron chi connectivity index (χ1n) is 5.84. The minimum atomic E-state index is 0.613. The Morgan fingerprint density at radius 1 is 1.28 bits per heavy atom. The quantitative estimate of drug-likeness (QED) is 0.772. The lowest BCUT2D eigenvalue weighted by Crippen LogP contribution is -2.15. The van der Waals surface area contributed by atoms with Gasteiger partial charge in [-0.3, -0.25) is 0 Å². The number of rotatable bonds is 5. The van der Waals surface area contributed by atoms with Gasteiger partial charge < -0.3 is 9.47 Å². The predicted molar refractivity (Wildman–Crippen MR) is 76.1 cm³/mol. The van der Waals surface area contributed by atoms with E-state index in [2.05, 4.69) is 22.0 Å². The van der Waals surface area contributed by atoms with Crippen molar-refractivity contribution in [3.8, 4) is 17.6 Å². The summed E-state index contributed by atoms with van der Waals surface area (Å²) in [6.45, 7) is 1.23. The molecule has 0 atom stereocenters. The summed E-state index contributed by atoms with van der Waals surface area (Å²) in [5, 5.41) is 8.46. The van der Waals surface area contributed by atoms with Crippen molar-refractivity contribution in [2.45, 2.75) is 18.6 Å². The fourth-order valence-electron chi connectivity index (χ4n) is 1.65. The van der Waals surface area contributed by atoms with Gasteiger partial charge in [0.25, 0.3) is 0 Å². The molecule has 3 nitrogen and oxygen atoms in total. The highest BCUT2D eigenvalue weighted by Crippen LogP contribution is 2.36. The van der Waals surface area contributed by atoms with E-state index in [0.717, 1.165) is 33.9 Å². The summed E-state index contributed by atoms with van der Waals surface area (Å²) in [6.07, 6.45) is 1.58. The van der Waals surface area contributed by atoms with Crippen LogP contribution in [-0.2, 0) is 5.75 Å². The van der Waals surface area contributed by atoms with Gasteiger partial charge in [0.1, 0.15) is 13.2 Å². The minimum absolute atomic E-state index is 0.613. The Bertz CT molecular complexity index is 459. The van der Waals surface area contributed by atoms with Crippen LogP contribution in [0, 0.1) is 11.3 Å². The van der Waals surface area contributed by atoms with E-state index in [4.69, 9.17) is 14.7 Å². The molecule has 0 unspecified atom stereocenters. The van der Waals surface area contributed by atoms with Crippen molar-refractivity contribution >= 4 is 27.7 Å². The third-order valence-electron chi connectivity index (χ3n) is 2.55. The Kier molecular flexibility index (Phi) is 5.21. The molecule has 0 saturated heterocycles. The molecule has 0 amide bonds. The molecule has 0 N–H and O–H groups in total. The number of nitrogens with zero attached hydrogens (tertiary/aromatic N) is 1. The van der Waals surface area contributed by atoms with E-state index in [0.29, 0.717) is 19.6 Å². The lowest BCUT2D eigenvalue weighted by molar-refractivity contribution is 0.171. The van der Waals surface area contributed by atoms with Crippen LogP contribution in [0.3, 0.4) is 0 Å². The van der Waals surface area contributed by atoms with Crippen molar-refractivity contribution in [3.05, 3.63) is 22.2 Å². The first-order chi connectivity index (χ1) is 8.81. The van der Waals surface area contributed by atoms with Crippen LogP contribution in [0.15, 0.2) is 16.6 Å². The van der Waals surface area contributed by atoms with Crippen molar-refractivity contribution in [2.24, 2.45) is 0 Å². The number of hydrogen-bond acceptors (Lipinski definition) is 4. The highest BCUT2D eigenvalue weighted by Gasteiger charge is 2.14. The fourth-order valence-corrected chi connectivity index (χ4v) is 3.25. The van der Waals surface area contributed by atoms with Gasteiger partial charge in [-0.2, -0.15) is 17.0 Å². The Morgan fingerprint density at radius 3 is 2.72 bits per heavy atom. The van der Waals surface area contributed by atoms with Crippen LogP contribution in [-0.4, -0.2) is 19.0 Å². The Morgan fingerprint density at radius 2 is 2.00 bits per heavy atom. The smallest absolute Gasteiger partial charge is 0.162 e.